The fraction of sp³-hybridized carbons (Fsp3) is 0.444. The maximum Gasteiger partial charge on any atom is 0.321 e. The summed E-state index contributed by atoms with van der Waals surface area (Å²) in [4.78, 5) is 16.0. The number of likely N-dealkylation sites (tertiary alicyclic amines) is 1. The van der Waals surface area contributed by atoms with Gasteiger partial charge in [0, 0.05) is 39.1 Å². The maximum atomic E-state index is 12.6. The van der Waals surface area contributed by atoms with E-state index >= 15 is 0 Å². The number of anilines is 1. The number of nitrogens with one attached hydrogen (secondary N) is 1. The molecule has 1 aliphatic rings. The second kappa shape index (κ2) is 7.15. The molecule has 3 aromatic rings. The molecule has 0 saturated carbocycles. The lowest BCUT2D eigenvalue weighted by atomic mass is 9.94. The molecular formula is C18H23N7O. The molecule has 136 valence electrons. The van der Waals surface area contributed by atoms with Gasteiger partial charge in [0.05, 0.1) is 5.69 Å². The van der Waals surface area contributed by atoms with Crippen molar-refractivity contribution < 1.29 is 4.79 Å². The predicted molar refractivity (Wildman–Crippen MR) is 98.7 cm³/mol. The van der Waals surface area contributed by atoms with E-state index in [1.807, 2.05) is 46.2 Å². The third-order valence-corrected chi connectivity index (χ3v) is 4.98. The van der Waals surface area contributed by atoms with Crippen LogP contribution in [0.5, 0.6) is 0 Å². The molecule has 1 N–H and O–H groups in total. The number of carbonyl (C=O) groups excluding carboxylic acids is 1. The quantitative estimate of drug-likeness (QED) is 0.781. The minimum absolute atomic E-state index is 0.0614. The van der Waals surface area contributed by atoms with Crippen LogP contribution in [0.4, 0.5) is 10.5 Å². The van der Waals surface area contributed by atoms with E-state index in [4.69, 9.17) is 0 Å². The monoisotopic (exact) mass is 353 g/mol. The number of benzene rings is 1. The van der Waals surface area contributed by atoms with Crippen LogP contribution in [0.25, 0.3) is 11.0 Å². The molecule has 1 aliphatic heterocycles. The van der Waals surface area contributed by atoms with E-state index < -0.39 is 0 Å². The number of hydrogen-bond donors (Lipinski definition) is 1. The normalized spacial score (nSPS) is 15.5. The summed E-state index contributed by atoms with van der Waals surface area (Å²) in [7, 11) is 1.78. The Morgan fingerprint density at radius 1 is 1.23 bits per heavy atom. The van der Waals surface area contributed by atoms with Crippen LogP contribution < -0.4 is 5.32 Å². The highest BCUT2D eigenvalue weighted by Gasteiger charge is 2.23. The number of urea groups is 1. The molecule has 0 spiro atoms. The number of aryl methyl sites for hydroxylation is 2. The smallest absolute Gasteiger partial charge is 0.321 e. The van der Waals surface area contributed by atoms with Crippen LogP contribution in [-0.4, -0.2) is 48.8 Å². The van der Waals surface area contributed by atoms with Crippen molar-refractivity contribution in [1.82, 2.24) is 29.7 Å². The van der Waals surface area contributed by atoms with Crippen LogP contribution in [0.15, 0.2) is 36.7 Å². The zero-order valence-electron chi connectivity index (χ0n) is 14.9. The van der Waals surface area contributed by atoms with Crippen molar-refractivity contribution in [3.05, 3.63) is 36.7 Å². The number of amides is 2. The highest BCUT2D eigenvalue weighted by Crippen LogP contribution is 2.23. The largest absolute Gasteiger partial charge is 0.325 e. The molecule has 2 aromatic heterocycles. The van der Waals surface area contributed by atoms with Gasteiger partial charge in [-0.25, -0.2) is 4.79 Å². The minimum Gasteiger partial charge on any atom is -0.325 e. The molecule has 0 radical (unpaired) electrons. The molecule has 0 bridgehead atoms. The van der Waals surface area contributed by atoms with Gasteiger partial charge in [0.1, 0.15) is 11.0 Å². The Bertz CT molecular complexity index is 878. The fourth-order valence-corrected chi connectivity index (χ4v) is 3.51. The molecule has 3 heterocycles. The Morgan fingerprint density at radius 2 is 2.08 bits per heavy atom. The number of carbonyl (C=O) groups is 1. The topological polar surface area (TPSA) is 80.9 Å². The lowest BCUT2D eigenvalue weighted by Gasteiger charge is -2.32. The Morgan fingerprint density at radius 3 is 2.85 bits per heavy atom. The Hall–Kier alpha value is -2.90. The average molecular weight is 353 g/mol. The van der Waals surface area contributed by atoms with Crippen LogP contribution in [-0.2, 0) is 13.6 Å². The molecule has 26 heavy (non-hydrogen) atoms. The summed E-state index contributed by atoms with van der Waals surface area (Å²) >= 11 is 0. The number of aromatic nitrogens is 5. The molecule has 0 unspecified atom stereocenters. The van der Waals surface area contributed by atoms with Crippen LogP contribution in [0.2, 0.25) is 0 Å². The van der Waals surface area contributed by atoms with Crippen molar-refractivity contribution in [3.63, 3.8) is 0 Å². The Kier molecular flexibility index (Phi) is 4.55. The van der Waals surface area contributed by atoms with Crippen molar-refractivity contribution in [2.75, 3.05) is 18.4 Å². The van der Waals surface area contributed by atoms with Crippen LogP contribution in [0.3, 0.4) is 0 Å². The van der Waals surface area contributed by atoms with Gasteiger partial charge in [-0.2, -0.15) is 20.1 Å². The van der Waals surface area contributed by atoms with Crippen LogP contribution >= 0.6 is 0 Å². The number of piperidine rings is 1. The first-order chi connectivity index (χ1) is 12.7. The molecule has 4 rings (SSSR count). The van der Waals surface area contributed by atoms with Crippen molar-refractivity contribution in [2.45, 2.75) is 25.8 Å². The second-order valence-corrected chi connectivity index (χ2v) is 6.78. The lowest BCUT2D eigenvalue weighted by Crippen LogP contribution is -2.41. The zero-order valence-corrected chi connectivity index (χ0v) is 14.9. The van der Waals surface area contributed by atoms with E-state index in [1.165, 1.54) is 4.80 Å². The van der Waals surface area contributed by atoms with Crippen molar-refractivity contribution >= 4 is 22.8 Å². The Labute approximate surface area is 151 Å². The van der Waals surface area contributed by atoms with E-state index in [9.17, 15) is 4.79 Å². The number of rotatable bonds is 4. The number of hydrogen-bond acceptors (Lipinski definition) is 4. The molecular weight excluding hydrogens is 330 g/mol. The van der Waals surface area contributed by atoms with Gasteiger partial charge < -0.3 is 10.2 Å². The summed E-state index contributed by atoms with van der Waals surface area (Å²) in [5.41, 5.74) is 2.21. The summed E-state index contributed by atoms with van der Waals surface area (Å²) in [6.07, 6.45) is 6.98. The molecule has 1 fully saturated rings. The minimum atomic E-state index is -0.0614. The van der Waals surface area contributed by atoms with Gasteiger partial charge in [0.25, 0.3) is 0 Å². The summed E-state index contributed by atoms with van der Waals surface area (Å²) in [6, 6.07) is 7.53. The molecule has 0 atom stereocenters. The van der Waals surface area contributed by atoms with E-state index in [2.05, 4.69) is 20.6 Å². The van der Waals surface area contributed by atoms with Gasteiger partial charge in [-0.15, -0.1) is 0 Å². The van der Waals surface area contributed by atoms with Gasteiger partial charge in [-0.05, 0) is 43.4 Å². The highest BCUT2D eigenvalue weighted by molar-refractivity contribution is 5.98. The van der Waals surface area contributed by atoms with Gasteiger partial charge in [0.15, 0.2) is 0 Å². The molecule has 1 aromatic carbocycles. The van der Waals surface area contributed by atoms with E-state index in [0.29, 0.717) is 11.6 Å². The molecule has 8 heteroatoms. The standard InChI is InChI=1S/C18H23N7O/c1-23-21-16-5-2-4-15(17(16)22-23)20-18(26)24-11-6-14(7-12-24)8-13-25-10-3-9-19-25/h2-5,9-10,14H,6-8,11-13H2,1H3,(H,20,26). The van der Waals surface area contributed by atoms with Gasteiger partial charge in [-0.1, -0.05) is 6.07 Å². The summed E-state index contributed by atoms with van der Waals surface area (Å²) in [6.45, 7) is 2.51. The average Bonchev–Trinajstić information content (AvgIpc) is 3.29. The molecule has 0 aliphatic carbocycles. The predicted octanol–water partition coefficient (Wildman–Crippen LogP) is 2.50. The zero-order chi connectivity index (χ0) is 17.9. The summed E-state index contributed by atoms with van der Waals surface area (Å²) < 4.78 is 1.97. The van der Waals surface area contributed by atoms with Crippen LogP contribution in [0, 0.1) is 5.92 Å². The van der Waals surface area contributed by atoms with E-state index in [1.54, 1.807) is 7.05 Å². The third kappa shape index (κ3) is 3.54. The lowest BCUT2D eigenvalue weighted by molar-refractivity contribution is 0.177. The van der Waals surface area contributed by atoms with E-state index in [0.717, 1.165) is 49.9 Å². The molecule has 2 amide bonds. The maximum absolute atomic E-state index is 12.6. The number of fused-ring (bicyclic) bond motifs is 1. The second-order valence-electron chi connectivity index (χ2n) is 6.78. The van der Waals surface area contributed by atoms with E-state index in [-0.39, 0.29) is 6.03 Å². The van der Waals surface area contributed by atoms with Crippen molar-refractivity contribution in [1.29, 1.82) is 0 Å². The third-order valence-electron chi connectivity index (χ3n) is 4.98. The highest BCUT2D eigenvalue weighted by atomic mass is 16.2. The SMILES string of the molecule is Cn1nc2cccc(NC(=O)N3CCC(CCn4cccn4)CC3)c2n1. The first-order valence-corrected chi connectivity index (χ1v) is 9.02. The van der Waals surface area contributed by atoms with Gasteiger partial charge >= 0.3 is 6.03 Å². The number of nitrogens with zero attached hydrogens (tertiary/aromatic N) is 6. The summed E-state index contributed by atoms with van der Waals surface area (Å²) in [5, 5.41) is 15.9. The van der Waals surface area contributed by atoms with Gasteiger partial charge in [-0.3, -0.25) is 4.68 Å². The first-order valence-electron chi connectivity index (χ1n) is 9.02. The first kappa shape index (κ1) is 16.6. The Balaban J connectivity index is 1.32. The van der Waals surface area contributed by atoms with Crippen molar-refractivity contribution in [3.8, 4) is 0 Å². The summed E-state index contributed by atoms with van der Waals surface area (Å²) in [5.74, 6) is 0.645. The van der Waals surface area contributed by atoms with Crippen LogP contribution in [0.1, 0.15) is 19.3 Å². The molecule has 1 saturated heterocycles. The van der Waals surface area contributed by atoms with Crippen molar-refractivity contribution in [2.24, 2.45) is 13.0 Å². The molecule has 8 nitrogen and oxygen atoms in total. The fourth-order valence-electron chi connectivity index (χ4n) is 3.51. The van der Waals surface area contributed by atoms with Gasteiger partial charge in [0.2, 0.25) is 0 Å².